The quantitative estimate of drug-likeness (QED) is 0.734. The van der Waals surface area contributed by atoms with E-state index in [0.29, 0.717) is 11.3 Å². The summed E-state index contributed by atoms with van der Waals surface area (Å²) in [4.78, 5) is 30.8. The Morgan fingerprint density at radius 2 is 1.82 bits per heavy atom. The molecular formula is C19H12F3N3O2S. The van der Waals surface area contributed by atoms with E-state index in [4.69, 9.17) is 0 Å². The van der Waals surface area contributed by atoms with Gasteiger partial charge in [-0.05, 0) is 36.0 Å². The molecule has 5 nitrogen and oxygen atoms in total. The molecule has 0 aliphatic carbocycles. The fourth-order valence-electron chi connectivity index (χ4n) is 3.00. The normalized spacial score (nSPS) is 20.7. The number of amides is 2. The summed E-state index contributed by atoms with van der Waals surface area (Å²) in [6, 6.07) is 11.6. The van der Waals surface area contributed by atoms with Crippen LogP contribution in [0.1, 0.15) is 11.1 Å². The number of hydrogen-bond donors (Lipinski definition) is 1. The van der Waals surface area contributed by atoms with E-state index in [9.17, 15) is 22.8 Å². The van der Waals surface area contributed by atoms with Crippen molar-refractivity contribution in [2.75, 3.05) is 11.9 Å². The van der Waals surface area contributed by atoms with Crippen molar-refractivity contribution in [1.29, 1.82) is 0 Å². The molecule has 0 spiro atoms. The second-order valence-corrected chi connectivity index (χ2v) is 7.11. The van der Waals surface area contributed by atoms with Crippen molar-refractivity contribution in [3.8, 4) is 0 Å². The molecule has 2 amide bonds. The van der Waals surface area contributed by atoms with Crippen LogP contribution < -0.4 is 10.2 Å². The minimum absolute atomic E-state index is 0.0548. The Balaban J connectivity index is 1.72. The number of anilines is 1. The van der Waals surface area contributed by atoms with Crippen LogP contribution in [-0.2, 0) is 15.8 Å². The Bertz CT molecular complexity index is 1080. The number of para-hydroxylation sites is 1. The van der Waals surface area contributed by atoms with Crippen molar-refractivity contribution < 1.29 is 22.8 Å². The lowest BCUT2D eigenvalue weighted by atomic mass is 10.1. The largest absolute Gasteiger partial charge is 0.416 e. The molecule has 2 heterocycles. The number of alkyl halides is 3. The van der Waals surface area contributed by atoms with Crippen LogP contribution >= 0.6 is 11.8 Å². The third-order valence-electron chi connectivity index (χ3n) is 4.31. The van der Waals surface area contributed by atoms with Gasteiger partial charge in [0.2, 0.25) is 0 Å². The zero-order valence-corrected chi connectivity index (χ0v) is 15.2. The van der Waals surface area contributed by atoms with Crippen LogP contribution in [0.4, 0.5) is 24.5 Å². The number of hydrogen-bond acceptors (Lipinski definition) is 4. The number of halogens is 3. The van der Waals surface area contributed by atoms with E-state index in [-0.39, 0.29) is 27.2 Å². The molecule has 0 atom stereocenters. The first-order valence-corrected chi connectivity index (χ1v) is 8.94. The number of amidine groups is 1. The number of fused-ring (bicyclic) bond motifs is 1. The van der Waals surface area contributed by atoms with Crippen molar-refractivity contribution in [2.24, 2.45) is 4.99 Å². The Morgan fingerprint density at radius 3 is 2.57 bits per heavy atom. The third kappa shape index (κ3) is 3.07. The number of carbonyl (C=O) groups is 2. The smallest absolute Gasteiger partial charge is 0.311 e. The second-order valence-electron chi connectivity index (χ2n) is 6.11. The average Bonchev–Trinajstić information content (AvgIpc) is 3.12. The lowest BCUT2D eigenvalue weighted by Crippen LogP contribution is -2.23. The molecule has 142 valence electrons. The highest BCUT2D eigenvalue weighted by atomic mass is 32.2. The topological polar surface area (TPSA) is 61.8 Å². The molecule has 1 fully saturated rings. The summed E-state index contributed by atoms with van der Waals surface area (Å²) in [7, 11) is 1.61. The van der Waals surface area contributed by atoms with Gasteiger partial charge in [0.25, 0.3) is 11.8 Å². The monoisotopic (exact) mass is 403 g/mol. The molecule has 2 aromatic rings. The highest BCUT2D eigenvalue weighted by Crippen LogP contribution is 2.42. The lowest BCUT2D eigenvalue weighted by molar-refractivity contribution is -0.137. The maximum atomic E-state index is 12.9. The van der Waals surface area contributed by atoms with E-state index in [2.05, 4.69) is 10.3 Å². The van der Waals surface area contributed by atoms with Gasteiger partial charge in [-0.15, -0.1) is 0 Å². The molecule has 0 aromatic heterocycles. The van der Waals surface area contributed by atoms with Gasteiger partial charge in [0.15, 0.2) is 5.17 Å². The number of nitrogens with zero attached hydrogens (tertiary/aromatic N) is 2. The molecule has 0 radical (unpaired) electrons. The van der Waals surface area contributed by atoms with Gasteiger partial charge in [-0.1, -0.05) is 24.3 Å². The van der Waals surface area contributed by atoms with Crippen LogP contribution in [0, 0.1) is 0 Å². The molecular weight excluding hydrogens is 391 g/mol. The second kappa shape index (κ2) is 6.52. The SMILES string of the molecule is CN1C(=O)/C(=C2\SC(=Nc3cccc(C(F)(F)F)c3)NC2=O)c2ccccc21. The predicted molar refractivity (Wildman–Crippen MR) is 101 cm³/mol. The summed E-state index contributed by atoms with van der Waals surface area (Å²) in [6.07, 6.45) is -4.49. The number of likely N-dealkylation sites (N-methyl/N-ethyl adjacent to an activating group) is 1. The fraction of sp³-hybridized carbons (Fsp3) is 0.105. The van der Waals surface area contributed by atoms with E-state index in [1.807, 2.05) is 0 Å². The minimum atomic E-state index is -4.49. The Labute approximate surface area is 161 Å². The van der Waals surface area contributed by atoms with Crippen molar-refractivity contribution in [1.82, 2.24) is 5.32 Å². The highest BCUT2D eigenvalue weighted by Gasteiger charge is 2.38. The number of carbonyl (C=O) groups excluding carboxylic acids is 2. The van der Waals surface area contributed by atoms with Crippen molar-refractivity contribution in [3.05, 3.63) is 64.6 Å². The number of thioether (sulfide) groups is 1. The lowest BCUT2D eigenvalue weighted by Gasteiger charge is -2.08. The van der Waals surface area contributed by atoms with Gasteiger partial charge >= 0.3 is 6.18 Å². The Kier molecular flexibility index (Phi) is 4.26. The van der Waals surface area contributed by atoms with Crippen LogP contribution in [0.5, 0.6) is 0 Å². The fourth-order valence-corrected chi connectivity index (χ4v) is 3.93. The van der Waals surface area contributed by atoms with E-state index in [1.54, 1.807) is 31.3 Å². The zero-order valence-electron chi connectivity index (χ0n) is 14.4. The van der Waals surface area contributed by atoms with Gasteiger partial charge in [-0.3, -0.25) is 9.59 Å². The van der Waals surface area contributed by atoms with E-state index < -0.39 is 17.6 Å². The molecule has 0 unspecified atom stereocenters. The summed E-state index contributed by atoms with van der Waals surface area (Å²) < 4.78 is 38.6. The van der Waals surface area contributed by atoms with Crippen molar-refractivity contribution >= 4 is 45.7 Å². The first kappa shape index (κ1) is 18.3. The number of rotatable bonds is 1. The number of benzene rings is 2. The van der Waals surface area contributed by atoms with Crippen molar-refractivity contribution in [2.45, 2.75) is 6.18 Å². The summed E-state index contributed by atoms with van der Waals surface area (Å²) in [5, 5.41) is 2.64. The van der Waals surface area contributed by atoms with Crippen LogP contribution in [0.15, 0.2) is 58.4 Å². The summed E-state index contributed by atoms with van der Waals surface area (Å²) in [6.45, 7) is 0. The number of nitrogens with one attached hydrogen (secondary N) is 1. The van der Waals surface area contributed by atoms with Gasteiger partial charge in [0.1, 0.15) is 0 Å². The van der Waals surface area contributed by atoms with Crippen LogP contribution in [-0.4, -0.2) is 24.0 Å². The molecule has 1 N–H and O–H groups in total. The van der Waals surface area contributed by atoms with Gasteiger partial charge in [-0.2, -0.15) is 13.2 Å². The first-order valence-electron chi connectivity index (χ1n) is 8.12. The Hall–Kier alpha value is -3.07. The van der Waals surface area contributed by atoms with Crippen LogP contribution in [0.3, 0.4) is 0 Å². The standard InChI is InChI=1S/C19H12F3N3O2S/c1-25-13-8-3-2-7-12(13)14(17(25)27)15-16(26)24-18(28-15)23-11-6-4-5-10(9-11)19(20,21)22/h2-9H,1H3,(H,23,24,26)/b15-14-. The molecule has 9 heteroatoms. The zero-order chi connectivity index (χ0) is 20.1. The number of aliphatic imine (C=N–C) groups is 1. The molecule has 0 bridgehead atoms. The maximum Gasteiger partial charge on any atom is 0.416 e. The predicted octanol–water partition coefficient (Wildman–Crippen LogP) is 3.94. The third-order valence-corrected chi connectivity index (χ3v) is 5.29. The highest BCUT2D eigenvalue weighted by molar-refractivity contribution is 8.18. The molecule has 2 aliphatic heterocycles. The van der Waals surface area contributed by atoms with Crippen LogP contribution in [0.2, 0.25) is 0 Å². The van der Waals surface area contributed by atoms with Crippen LogP contribution in [0.25, 0.3) is 5.57 Å². The summed E-state index contributed by atoms with van der Waals surface area (Å²) >= 11 is 0.934. The van der Waals surface area contributed by atoms with Gasteiger partial charge in [0.05, 0.1) is 27.4 Å². The maximum absolute atomic E-state index is 12.9. The van der Waals surface area contributed by atoms with E-state index >= 15 is 0 Å². The van der Waals surface area contributed by atoms with Gasteiger partial charge in [-0.25, -0.2) is 4.99 Å². The molecule has 4 rings (SSSR count). The summed E-state index contributed by atoms with van der Waals surface area (Å²) in [5.41, 5.74) is 0.803. The van der Waals surface area contributed by atoms with Gasteiger partial charge in [0, 0.05) is 12.6 Å². The molecule has 0 saturated carbocycles. The Morgan fingerprint density at radius 1 is 1.07 bits per heavy atom. The molecule has 2 aliphatic rings. The minimum Gasteiger partial charge on any atom is -0.311 e. The molecule has 2 aromatic carbocycles. The van der Waals surface area contributed by atoms with E-state index in [0.717, 1.165) is 23.9 Å². The van der Waals surface area contributed by atoms with Gasteiger partial charge < -0.3 is 10.2 Å². The molecule has 1 saturated heterocycles. The summed E-state index contributed by atoms with van der Waals surface area (Å²) in [5.74, 6) is -0.830. The first-order chi connectivity index (χ1) is 13.3. The van der Waals surface area contributed by atoms with E-state index in [1.165, 1.54) is 17.0 Å². The van der Waals surface area contributed by atoms with Crippen molar-refractivity contribution in [3.63, 3.8) is 0 Å². The molecule has 28 heavy (non-hydrogen) atoms. The average molecular weight is 403 g/mol.